The van der Waals surface area contributed by atoms with Crippen LogP contribution in [0, 0.1) is 14.9 Å². The van der Waals surface area contributed by atoms with Crippen molar-refractivity contribution in [2.24, 2.45) is 0 Å². The number of rotatable bonds is 5. The normalized spacial score (nSPS) is 10.4. The number of hydrogen-bond donors (Lipinski definition) is 0. The van der Waals surface area contributed by atoms with Crippen LogP contribution in [-0.4, -0.2) is 21.3 Å². The molecule has 2 rings (SSSR count). The molecule has 23 heavy (non-hydrogen) atoms. The Morgan fingerprint density at radius 3 is 2.35 bits per heavy atom. The average molecular weight is 421 g/mol. The maximum absolute atomic E-state index is 8.96. The summed E-state index contributed by atoms with van der Waals surface area (Å²) in [6, 6.07) is 11.5. The summed E-state index contributed by atoms with van der Waals surface area (Å²) < 4.78 is 17.1. The van der Waals surface area contributed by atoms with Gasteiger partial charge in [0.05, 0.1) is 36.5 Å². The highest BCUT2D eigenvalue weighted by Crippen LogP contribution is 2.43. The van der Waals surface area contributed by atoms with Gasteiger partial charge in [0.1, 0.15) is 0 Å². The maximum atomic E-state index is 8.96. The molecule has 0 aliphatic heterocycles. The van der Waals surface area contributed by atoms with Crippen LogP contribution in [0.4, 0.5) is 0 Å². The Labute approximate surface area is 149 Å². The van der Waals surface area contributed by atoms with Crippen LogP contribution in [-0.2, 0) is 0 Å². The van der Waals surface area contributed by atoms with Crippen molar-refractivity contribution in [3.05, 3.63) is 50.6 Å². The van der Waals surface area contributed by atoms with E-state index in [2.05, 4.69) is 28.7 Å². The summed E-state index contributed by atoms with van der Waals surface area (Å²) >= 11 is 2.22. The van der Waals surface area contributed by atoms with Gasteiger partial charge in [0.25, 0.3) is 0 Å². The van der Waals surface area contributed by atoms with Crippen LogP contribution in [0.15, 0.2) is 30.3 Å². The molecule has 0 saturated carbocycles. The van der Waals surface area contributed by atoms with Crippen LogP contribution in [0.25, 0.3) is 12.2 Å². The Bertz CT molecular complexity index is 779. The largest absolute Gasteiger partial charge is 0.493 e. The smallest absolute Gasteiger partial charge is 0.204 e. The summed E-state index contributed by atoms with van der Waals surface area (Å²) in [5.74, 6) is 1.82. The Morgan fingerprint density at radius 1 is 1.00 bits per heavy atom. The number of nitrogens with zero attached hydrogens (tertiary/aromatic N) is 1. The molecular weight excluding hydrogens is 405 g/mol. The van der Waals surface area contributed by atoms with E-state index in [4.69, 9.17) is 19.5 Å². The van der Waals surface area contributed by atoms with Crippen molar-refractivity contribution in [3.63, 3.8) is 0 Å². The van der Waals surface area contributed by atoms with Gasteiger partial charge >= 0.3 is 0 Å². The zero-order valence-electron chi connectivity index (χ0n) is 13.1. The van der Waals surface area contributed by atoms with Gasteiger partial charge in [-0.25, -0.2) is 0 Å². The molecule has 0 unspecified atom stereocenters. The molecule has 5 heteroatoms. The highest BCUT2D eigenvalue weighted by Gasteiger charge is 2.17. The van der Waals surface area contributed by atoms with E-state index in [0.717, 1.165) is 14.7 Å². The lowest BCUT2D eigenvalue weighted by Gasteiger charge is -2.15. The first kappa shape index (κ1) is 17.2. The highest BCUT2D eigenvalue weighted by atomic mass is 127. The second kappa shape index (κ2) is 7.88. The molecule has 0 N–H and O–H groups in total. The molecule has 0 aliphatic rings. The quantitative estimate of drug-likeness (QED) is 0.532. The first-order valence-electron chi connectivity index (χ1n) is 6.81. The van der Waals surface area contributed by atoms with Crippen molar-refractivity contribution in [3.8, 4) is 23.3 Å². The summed E-state index contributed by atoms with van der Waals surface area (Å²) in [5, 5.41) is 8.96. The molecule has 118 valence electrons. The first-order chi connectivity index (χ1) is 11.1. The summed E-state index contributed by atoms with van der Waals surface area (Å²) in [7, 11) is 4.77. The van der Waals surface area contributed by atoms with Crippen LogP contribution in [0.2, 0.25) is 0 Å². The molecule has 0 saturated heterocycles. The Kier molecular flexibility index (Phi) is 5.88. The molecule has 2 aromatic carbocycles. The predicted molar refractivity (Wildman–Crippen MR) is 98.9 cm³/mol. The van der Waals surface area contributed by atoms with Crippen molar-refractivity contribution in [1.82, 2.24) is 0 Å². The standard InChI is InChI=1S/C18H16INO3/c1-21-15-10-14(16(19)18(23-3)17(15)22-2)8-7-12-5-4-6-13(9-12)11-20/h4-10H,1-3H3/b8-7-. The van der Waals surface area contributed by atoms with Crippen molar-refractivity contribution in [2.45, 2.75) is 0 Å². The van der Waals surface area contributed by atoms with Crippen molar-refractivity contribution < 1.29 is 14.2 Å². The summed E-state index contributed by atoms with van der Waals surface area (Å²) in [6.45, 7) is 0. The molecule has 2 aromatic rings. The average Bonchev–Trinajstić information content (AvgIpc) is 2.60. The van der Waals surface area contributed by atoms with Crippen LogP contribution in [0.3, 0.4) is 0 Å². The van der Waals surface area contributed by atoms with E-state index < -0.39 is 0 Å². The fourth-order valence-corrected chi connectivity index (χ4v) is 2.96. The molecular formula is C18H16INO3. The number of benzene rings is 2. The van der Waals surface area contributed by atoms with Gasteiger partial charge in [0.2, 0.25) is 5.75 Å². The summed E-state index contributed by atoms with van der Waals surface area (Å²) in [5.41, 5.74) is 2.53. The van der Waals surface area contributed by atoms with Gasteiger partial charge in [-0.3, -0.25) is 0 Å². The number of hydrogen-bond acceptors (Lipinski definition) is 4. The minimum Gasteiger partial charge on any atom is -0.493 e. The lowest BCUT2D eigenvalue weighted by Crippen LogP contribution is -1.98. The van der Waals surface area contributed by atoms with Gasteiger partial charge in [-0.2, -0.15) is 5.26 Å². The van der Waals surface area contributed by atoms with E-state index in [1.165, 1.54) is 0 Å². The van der Waals surface area contributed by atoms with E-state index >= 15 is 0 Å². The second-order valence-electron chi connectivity index (χ2n) is 4.62. The molecule has 0 bridgehead atoms. The van der Waals surface area contributed by atoms with Gasteiger partial charge < -0.3 is 14.2 Å². The van der Waals surface area contributed by atoms with Gasteiger partial charge in [-0.15, -0.1) is 0 Å². The Morgan fingerprint density at radius 2 is 1.74 bits per heavy atom. The lowest BCUT2D eigenvalue weighted by atomic mass is 10.1. The Balaban J connectivity index is 2.47. The van der Waals surface area contributed by atoms with Crippen LogP contribution in [0.5, 0.6) is 17.2 Å². The predicted octanol–water partition coefficient (Wildman–Crippen LogP) is 4.36. The van der Waals surface area contributed by atoms with Crippen LogP contribution >= 0.6 is 22.6 Å². The van der Waals surface area contributed by atoms with E-state index in [1.807, 2.05) is 36.4 Å². The number of nitriles is 1. The fraction of sp³-hybridized carbons (Fsp3) is 0.167. The van der Waals surface area contributed by atoms with Crippen molar-refractivity contribution in [2.75, 3.05) is 21.3 Å². The zero-order valence-corrected chi connectivity index (χ0v) is 15.2. The van der Waals surface area contributed by atoms with E-state index in [9.17, 15) is 0 Å². The lowest BCUT2D eigenvalue weighted by molar-refractivity contribution is 0.323. The number of ether oxygens (including phenoxy) is 3. The van der Waals surface area contributed by atoms with E-state index in [-0.39, 0.29) is 0 Å². The topological polar surface area (TPSA) is 51.5 Å². The van der Waals surface area contributed by atoms with Crippen molar-refractivity contribution >= 4 is 34.7 Å². The van der Waals surface area contributed by atoms with Gasteiger partial charge in [-0.05, 0) is 51.9 Å². The van der Waals surface area contributed by atoms with Crippen LogP contribution < -0.4 is 14.2 Å². The minimum absolute atomic E-state index is 0.572. The minimum atomic E-state index is 0.572. The van der Waals surface area contributed by atoms with Crippen molar-refractivity contribution in [1.29, 1.82) is 5.26 Å². The number of halogens is 1. The highest BCUT2D eigenvalue weighted by molar-refractivity contribution is 14.1. The molecule has 0 spiro atoms. The summed E-state index contributed by atoms with van der Waals surface area (Å²) in [6.07, 6.45) is 3.91. The molecule has 0 radical (unpaired) electrons. The fourth-order valence-electron chi connectivity index (χ4n) is 2.16. The molecule has 0 aromatic heterocycles. The molecule has 0 aliphatic carbocycles. The molecule has 0 amide bonds. The Hall–Kier alpha value is -2.20. The second-order valence-corrected chi connectivity index (χ2v) is 5.70. The monoisotopic (exact) mass is 421 g/mol. The molecule has 4 nitrogen and oxygen atoms in total. The van der Waals surface area contributed by atoms with Crippen LogP contribution in [0.1, 0.15) is 16.7 Å². The van der Waals surface area contributed by atoms with E-state index in [0.29, 0.717) is 22.8 Å². The third-order valence-electron chi connectivity index (χ3n) is 3.27. The number of methoxy groups -OCH3 is 3. The third-order valence-corrected chi connectivity index (χ3v) is 4.38. The SMILES string of the molecule is COc1cc(/C=C\c2cccc(C#N)c2)c(I)c(OC)c1OC. The molecule has 0 atom stereocenters. The maximum Gasteiger partial charge on any atom is 0.204 e. The van der Waals surface area contributed by atoms with Gasteiger partial charge in [0.15, 0.2) is 11.5 Å². The third kappa shape index (κ3) is 3.77. The van der Waals surface area contributed by atoms with Gasteiger partial charge in [-0.1, -0.05) is 24.3 Å². The summed E-state index contributed by atoms with van der Waals surface area (Å²) in [4.78, 5) is 0. The zero-order chi connectivity index (χ0) is 16.8. The first-order valence-corrected chi connectivity index (χ1v) is 7.89. The molecule has 0 fully saturated rings. The van der Waals surface area contributed by atoms with Gasteiger partial charge in [0, 0.05) is 0 Å². The van der Waals surface area contributed by atoms with E-state index in [1.54, 1.807) is 27.4 Å². The molecule has 0 heterocycles.